The fraction of sp³-hybridized carbons (Fsp3) is 0.346. The van der Waals surface area contributed by atoms with Crippen molar-refractivity contribution >= 4 is 47.8 Å². The van der Waals surface area contributed by atoms with E-state index in [1.807, 2.05) is 0 Å². The molecule has 3 N–H and O–H groups in total. The zero-order chi connectivity index (χ0) is 27.0. The summed E-state index contributed by atoms with van der Waals surface area (Å²) in [6.07, 6.45) is 0.644. The van der Waals surface area contributed by atoms with Crippen molar-refractivity contribution in [1.29, 1.82) is 0 Å². The highest BCUT2D eigenvalue weighted by molar-refractivity contribution is 7.80. The van der Waals surface area contributed by atoms with Crippen LogP contribution in [0.4, 0.5) is 10.5 Å². The zero-order valence-electron chi connectivity index (χ0n) is 20.7. The molecule has 0 saturated carbocycles. The van der Waals surface area contributed by atoms with Crippen molar-refractivity contribution in [2.24, 2.45) is 0 Å². The van der Waals surface area contributed by atoms with Gasteiger partial charge in [-0.15, -0.1) is 6.58 Å². The summed E-state index contributed by atoms with van der Waals surface area (Å²) in [7, 11) is 0. The Morgan fingerprint density at radius 2 is 1.86 bits per heavy atom. The van der Waals surface area contributed by atoms with E-state index in [-0.39, 0.29) is 23.6 Å². The number of halogens is 1. The Balaban J connectivity index is 2.50. The molecule has 10 heteroatoms. The smallest absolute Gasteiger partial charge is 0.408 e. The number of nitrogens with one attached hydrogen (secondary N) is 2. The molecule has 194 valence electrons. The third kappa shape index (κ3) is 7.66. The van der Waals surface area contributed by atoms with Crippen molar-refractivity contribution in [3.63, 3.8) is 0 Å². The maximum absolute atomic E-state index is 13.7. The average molecular weight is 534 g/mol. The van der Waals surface area contributed by atoms with E-state index in [0.29, 0.717) is 16.3 Å². The van der Waals surface area contributed by atoms with E-state index in [0.717, 1.165) is 0 Å². The summed E-state index contributed by atoms with van der Waals surface area (Å²) in [5.41, 5.74) is 0.506. The minimum atomic E-state index is -1.28. The van der Waals surface area contributed by atoms with Gasteiger partial charge >= 0.3 is 6.09 Å². The van der Waals surface area contributed by atoms with Crippen molar-refractivity contribution in [3.8, 4) is 5.75 Å². The van der Waals surface area contributed by atoms with Crippen molar-refractivity contribution in [1.82, 2.24) is 10.2 Å². The van der Waals surface area contributed by atoms with Gasteiger partial charge in [-0.1, -0.05) is 48.0 Å². The Hall–Kier alpha value is -3.17. The van der Waals surface area contributed by atoms with Crippen LogP contribution in [0.2, 0.25) is 5.02 Å². The van der Waals surface area contributed by atoms with Crippen LogP contribution < -0.4 is 10.6 Å². The molecule has 3 amide bonds. The number of nitrogens with zero attached hydrogens (tertiary/aromatic N) is 1. The largest absolute Gasteiger partial charge is 0.508 e. The number of benzene rings is 2. The van der Waals surface area contributed by atoms with Crippen LogP contribution in [0.15, 0.2) is 55.1 Å². The SMILES string of the molecule is C=CCN(C(=O)C(CS)NC(=O)OC(C)(C)C)C(C(=O)Nc1c(C)cccc1Cl)c1ccccc1O. The molecule has 2 aromatic rings. The minimum absolute atomic E-state index is 0.0625. The van der Waals surface area contributed by atoms with E-state index in [1.54, 1.807) is 64.1 Å². The molecule has 2 atom stereocenters. The van der Waals surface area contributed by atoms with E-state index >= 15 is 0 Å². The van der Waals surface area contributed by atoms with Crippen LogP contribution >= 0.6 is 24.2 Å². The van der Waals surface area contributed by atoms with Gasteiger partial charge in [0.2, 0.25) is 5.91 Å². The van der Waals surface area contributed by atoms with Crippen molar-refractivity contribution in [2.75, 3.05) is 17.6 Å². The highest BCUT2D eigenvalue weighted by Gasteiger charge is 2.37. The predicted molar refractivity (Wildman–Crippen MR) is 145 cm³/mol. The minimum Gasteiger partial charge on any atom is -0.508 e. The highest BCUT2D eigenvalue weighted by atomic mass is 35.5. The Bertz CT molecular complexity index is 1100. The molecular formula is C26H32ClN3O5S. The molecule has 0 fully saturated rings. The lowest BCUT2D eigenvalue weighted by Crippen LogP contribution is -2.53. The number of anilines is 1. The molecule has 2 unspecified atom stereocenters. The number of carbonyl (C=O) groups excluding carboxylic acids is 3. The number of carbonyl (C=O) groups is 3. The number of aryl methyl sites for hydroxylation is 1. The Morgan fingerprint density at radius 1 is 1.19 bits per heavy atom. The number of thiol groups is 1. The predicted octanol–water partition coefficient (Wildman–Crippen LogP) is 4.87. The van der Waals surface area contributed by atoms with Crippen LogP contribution in [0.25, 0.3) is 0 Å². The topological polar surface area (TPSA) is 108 Å². The quantitative estimate of drug-likeness (QED) is 0.272. The van der Waals surface area contributed by atoms with E-state index in [1.165, 1.54) is 17.0 Å². The van der Waals surface area contributed by atoms with Gasteiger partial charge in [0, 0.05) is 17.9 Å². The molecule has 0 aliphatic heterocycles. The van der Waals surface area contributed by atoms with Gasteiger partial charge in [0.1, 0.15) is 23.4 Å². The Morgan fingerprint density at radius 3 is 2.42 bits per heavy atom. The number of hydrogen-bond donors (Lipinski definition) is 4. The van der Waals surface area contributed by atoms with Crippen molar-refractivity contribution in [2.45, 2.75) is 45.4 Å². The number of phenolic OH excluding ortho intramolecular Hbond substituents is 1. The first kappa shape index (κ1) is 29.1. The standard InChI is InChI=1S/C26H32ClN3O5S/c1-6-14-30(24(33)19(15-36)28-25(34)35-26(3,4)5)22(17-11-7-8-13-20(17)31)23(32)29-21-16(2)10-9-12-18(21)27/h6-13,19,22,31,36H,1,14-15H2,2-5H3,(H,28,34)(H,29,32). The number of amides is 3. The second kappa shape index (κ2) is 12.7. The molecular weight excluding hydrogens is 502 g/mol. The summed E-state index contributed by atoms with van der Waals surface area (Å²) >= 11 is 10.5. The average Bonchev–Trinajstić information content (AvgIpc) is 2.79. The second-order valence-corrected chi connectivity index (χ2v) is 9.82. The van der Waals surface area contributed by atoms with E-state index in [9.17, 15) is 19.5 Å². The lowest BCUT2D eigenvalue weighted by Gasteiger charge is -2.33. The number of ether oxygens (including phenoxy) is 1. The van der Waals surface area contributed by atoms with Crippen molar-refractivity contribution in [3.05, 3.63) is 71.3 Å². The lowest BCUT2D eigenvalue weighted by atomic mass is 10.0. The van der Waals surface area contributed by atoms with Gasteiger partial charge in [-0.05, 0) is 45.4 Å². The molecule has 0 aromatic heterocycles. The fourth-order valence-electron chi connectivity index (χ4n) is 3.45. The number of para-hydroxylation sites is 2. The van der Waals surface area contributed by atoms with Gasteiger partial charge in [0.25, 0.3) is 5.91 Å². The summed E-state index contributed by atoms with van der Waals surface area (Å²) in [5, 5.41) is 16.2. The number of alkyl carbamates (subject to hydrolysis) is 1. The molecule has 0 saturated heterocycles. The van der Waals surface area contributed by atoms with E-state index in [2.05, 4.69) is 29.8 Å². The molecule has 0 spiro atoms. The summed E-state index contributed by atoms with van der Waals surface area (Å²) in [6, 6.07) is 8.97. The first-order valence-electron chi connectivity index (χ1n) is 11.2. The molecule has 0 heterocycles. The number of aromatic hydroxyl groups is 1. The van der Waals surface area contributed by atoms with Gasteiger partial charge in [0.15, 0.2) is 0 Å². The molecule has 0 aliphatic rings. The summed E-state index contributed by atoms with van der Waals surface area (Å²) in [6.45, 7) is 10.5. The summed E-state index contributed by atoms with van der Waals surface area (Å²) < 4.78 is 5.27. The van der Waals surface area contributed by atoms with Crippen LogP contribution in [0, 0.1) is 6.92 Å². The Kier molecular flexibility index (Phi) is 10.2. The second-order valence-electron chi connectivity index (χ2n) is 9.04. The number of phenols is 1. The monoisotopic (exact) mass is 533 g/mol. The molecule has 0 aliphatic carbocycles. The van der Waals surface area contributed by atoms with Crippen molar-refractivity contribution < 1.29 is 24.2 Å². The number of hydrogen-bond acceptors (Lipinski definition) is 6. The third-order valence-electron chi connectivity index (χ3n) is 5.04. The van der Waals surface area contributed by atoms with E-state index < -0.39 is 35.6 Å². The van der Waals surface area contributed by atoms with Crippen LogP contribution in [0.3, 0.4) is 0 Å². The lowest BCUT2D eigenvalue weighted by molar-refractivity contribution is -0.139. The van der Waals surface area contributed by atoms with Gasteiger partial charge in [0.05, 0.1) is 10.7 Å². The maximum Gasteiger partial charge on any atom is 0.408 e. The Labute approximate surface area is 222 Å². The molecule has 2 aromatic carbocycles. The zero-order valence-corrected chi connectivity index (χ0v) is 22.4. The summed E-state index contributed by atoms with van der Waals surface area (Å²) in [4.78, 5) is 40.9. The van der Waals surface area contributed by atoms with Crippen LogP contribution in [-0.4, -0.2) is 51.9 Å². The van der Waals surface area contributed by atoms with Gasteiger partial charge in [-0.25, -0.2) is 4.79 Å². The first-order chi connectivity index (χ1) is 16.9. The van der Waals surface area contributed by atoms with Gasteiger partial charge in [-0.2, -0.15) is 12.6 Å². The normalized spacial score (nSPS) is 12.7. The third-order valence-corrected chi connectivity index (χ3v) is 5.72. The van der Waals surface area contributed by atoms with E-state index in [4.69, 9.17) is 16.3 Å². The molecule has 36 heavy (non-hydrogen) atoms. The summed E-state index contributed by atoms with van der Waals surface area (Å²) in [5.74, 6) is -1.48. The molecule has 8 nitrogen and oxygen atoms in total. The first-order valence-corrected chi connectivity index (χ1v) is 12.3. The molecule has 2 rings (SSSR count). The van der Waals surface area contributed by atoms with Gasteiger partial charge < -0.3 is 25.4 Å². The van der Waals surface area contributed by atoms with Gasteiger partial charge in [-0.3, -0.25) is 9.59 Å². The van der Waals surface area contributed by atoms with Crippen LogP contribution in [-0.2, 0) is 14.3 Å². The van der Waals surface area contributed by atoms with Crippen LogP contribution in [0.5, 0.6) is 5.75 Å². The molecule has 0 radical (unpaired) electrons. The highest BCUT2D eigenvalue weighted by Crippen LogP contribution is 2.32. The maximum atomic E-state index is 13.7. The van der Waals surface area contributed by atoms with Crippen LogP contribution in [0.1, 0.15) is 37.9 Å². The number of rotatable bonds is 9. The molecule has 0 bridgehead atoms. The fourth-order valence-corrected chi connectivity index (χ4v) is 3.96.